The van der Waals surface area contributed by atoms with Crippen LogP contribution in [0.2, 0.25) is 0 Å². The summed E-state index contributed by atoms with van der Waals surface area (Å²) in [6, 6.07) is 7.21. The largest absolute Gasteiger partial charge is 0.433 e. The van der Waals surface area contributed by atoms with Crippen LogP contribution in [0, 0.1) is 11.6 Å². The molecule has 1 aliphatic carbocycles. The zero-order chi connectivity index (χ0) is 31.3. The average molecular weight is 611 g/mol. The minimum Gasteiger partial charge on any atom is -0.321 e. The van der Waals surface area contributed by atoms with Crippen LogP contribution < -0.4 is 10.7 Å². The maximum atomic E-state index is 14.4. The van der Waals surface area contributed by atoms with Crippen molar-refractivity contribution in [1.29, 1.82) is 0 Å². The predicted molar refractivity (Wildman–Crippen MR) is 138 cm³/mol. The molecule has 2 N–H and O–H groups in total. The lowest BCUT2D eigenvalue weighted by Gasteiger charge is -2.50. The van der Waals surface area contributed by atoms with E-state index in [0.717, 1.165) is 35.8 Å². The van der Waals surface area contributed by atoms with Gasteiger partial charge in [-0.25, -0.2) is 14.2 Å². The highest BCUT2D eigenvalue weighted by Crippen LogP contribution is 2.43. The fourth-order valence-electron chi connectivity index (χ4n) is 5.14. The second-order valence-corrected chi connectivity index (χ2v) is 10.3. The van der Waals surface area contributed by atoms with Gasteiger partial charge in [0.25, 0.3) is 11.8 Å². The third kappa shape index (κ3) is 5.70. The number of anilines is 1. The summed E-state index contributed by atoms with van der Waals surface area (Å²) in [5.41, 5.74) is -1.06. The molecule has 1 aliphatic heterocycles. The highest BCUT2D eigenvalue weighted by atomic mass is 19.4. The molecule has 2 heterocycles. The Hall–Kier alpha value is -4.33. The number of aromatic nitrogens is 1. The summed E-state index contributed by atoms with van der Waals surface area (Å²) < 4.78 is 108. The Balaban J connectivity index is 1.52. The number of amides is 2. The third-order valence-electron chi connectivity index (χ3n) is 7.66. The number of alkyl halides is 6. The number of carbonyl (C=O) groups excluding carboxylic acids is 2. The van der Waals surface area contributed by atoms with Crippen LogP contribution in [-0.4, -0.2) is 27.3 Å². The zero-order valence-electron chi connectivity index (χ0n) is 22.3. The molecule has 1 spiro atoms. The van der Waals surface area contributed by atoms with Crippen molar-refractivity contribution >= 4 is 17.5 Å². The van der Waals surface area contributed by atoms with Crippen molar-refractivity contribution in [2.24, 2.45) is 0 Å². The van der Waals surface area contributed by atoms with Gasteiger partial charge in [0.2, 0.25) is 0 Å². The van der Waals surface area contributed by atoms with Crippen LogP contribution in [0.25, 0.3) is 11.1 Å². The fraction of sp³-hybridized carbons (Fsp3) is 0.276. The molecule has 0 atom stereocenters. The first-order valence-corrected chi connectivity index (χ1v) is 12.9. The van der Waals surface area contributed by atoms with Gasteiger partial charge in [-0.05, 0) is 62.1 Å². The number of hydrogen-bond donors (Lipinski definition) is 2. The van der Waals surface area contributed by atoms with Crippen LogP contribution in [0.3, 0.4) is 0 Å². The second kappa shape index (κ2) is 10.7. The van der Waals surface area contributed by atoms with Crippen LogP contribution in [-0.2, 0) is 28.5 Å². The van der Waals surface area contributed by atoms with E-state index in [4.69, 9.17) is 0 Å². The molecule has 43 heavy (non-hydrogen) atoms. The minimum atomic E-state index is -4.82. The van der Waals surface area contributed by atoms with Crippen LogP contribution >= 0.6 is 0 Å². The Morgan fingerprint density at radius 3 is 2.33 bits per heavy atom. The van der Waals surface area contributed by atoms with Crippen molar-refractivity contribution in [3.8, 4) is 11.1 Å². The first-order chi connectivity index (χ1) is 20.1. The van der Waals surface area contributed by atoms with Gasteiger partial charge >= 0.3 is 12.4 Å². The monoisotopic (exact) mass is 610 g/mol. The summed E-state index contributed by atoms with van der Waals surface area (Å²) in [4.78, 5) is 30.5. The van der Waals surface area contributed by atoms with E-state index in [1.807, 2.05) is 0 Å². The topological polar surface area (TPSA) is 74.3 Å². The Morgan fingerprint density at radius 1 is 1.02 bits per heavy atom. The number of rotatable bonds is 5. The van der Waals surface area contributed by atoms with E-state index in [0.29, 0.717) is 36.6 Å². The number of carbonyl (C=O) groups is 2. The Bertz CT molecular complexity index is 1630. The summed E-state index contributed by atoms with van der Waals surface area (Å²) in [6.45, 7) is 1.11. The molecule has 2 aromatic carbocycles. The van der Waals surface area contributed by atoms with Crippen molar-refractivity contribution in [3.05, 3.63) is 94.3 Å². The fourth-order valence-corrected chi connectivity index (χ4v) is 5.14. The lowest BCUT2D eigenvalue weighted by atomic mass is 9.70. The van der Waals surface area contributed by atoms with Gasteiger partial charge in [0.05, 0.1) is 17.6 Å². The standard InChI is InChI=1S/C29H22F8N4O2/c1-15-23(26(43)41(40-27(15)10-3-11-27)14-17-4-2-5-20(30)24(17)31)25(42)39-21-8-7-18(28(32,33)34)12-19(21)16-6-9-22(38-13-16)29(35,36)37/h2,4-9,12-13,40H,3,10-11,14H2,1H3,(H,39,42). The summed E-state index contributed by atoms with van der Waals surface area (Å²) in [5, 5.41) is 3.42. The zero-order valence-corrected chi connectivity index (χ0v) is 22.3. The van der Waals surface area contributed by atoms with Crippen molar-refractivity contribution < 1.29 is 44.7 Å². The van der Waals surface area contributed by atoms with Gasteiger partial charge in [-0.3, -0.25) is 19.6 Å². The Labute approximate surface area is 239 Å². The normalized spacial score (nSPS) is 16.9. The quantitative estimate of drug-likeness (QED) is 0.247. The van der Waals surface area contributed by atoms with Gasteiger partial charge in [-0.1, -0.05) is 18.2 Å². The third-order valence-corrected chi connectivity index (χ3v) is 7.66. The van der Waals surface area contributed by atoms with Gasteiger partial charge in [-0.15, -0.1) is 0 Å². The maximum Gasteiger partial charge on any atom is 0.433 e. The van der Waals surface area contributed by atoms with Crippen LogP contribution in [0.1, 0.15) is 43.0 Å². The molecule has 6 nitrogen and oxygen atoms in total. The van der Waals surface area contributed by atoms with Crippen LogP contribution in [0.4, 0.5) is 40.8 Å². The second-order valence-electron chi connectivity index (χ2n) is 10.3. The number of nitrogens with zero attached hydrogens (tertiary/aromatic N) is 2. The summed E-state index contributed by atoms with van der Waals surface area (Å²) >= 11 is 0. The first kappa shape index (κ1) is 30.1. The van der Waals surface area contributed by atoms with Crippen LogP contribution in [0.15, 0.2) is 65.9 Å². The van der Waals surface area contributed by atoms with E-state index in [1.54, 1.807) is 6.92 Å². The maximum absolute atomic E-state index is 14.4. The van der Waals surface area contributed by atoms with E-state index in [2.05, 4.69) is 15.7 Å². The smallest absolute Gasteiger partial charge is 0.321 e. The summed E-state index contributed by atoms with van der Waals surface area (Å²) in [5.74, 6) is -4.18. The molecule has 2 aliphatic rings. The highest BCUT2D eigenvalue weighted by Gasteiger charge is 2.48. The van der Waals surface area contributed by atoms with E-state index in [9.17, 15) is 44.7 Å². The number of hydrogen-bond acceptors (Lipinski definition) is 4. The predicted octanol–water partition coefficient (Wildman–Crippen LogP) is 6.79. The molecule has 5 rings (SSSR count). The van der Waals surface area contributed by atoms with Gasteiger partial charge in [0.15, 0.2) is 11.6 Å². The summed E-state index contributed by atoms with van der Waals surface area (Å²) in [6.07, 6.45) is -7.13. The molecule has 14 heteroatoms. The van der Waals surface area contributed by atoms with Crippen LogP contribution in [0.5, 0.6) is 0 Å². The molecule has 0 bridgehead atoms. The number of hydrazine groups is 1. The van der Waals surface area contributed by atoms with Crippen molar-refractivity contribution in [1.82, 2.24) is 15.4 Å². The average Bonchev–Trinajstić information content (AvgIpc) is 2.91. The number of benzene rings is 2. The molecule has 0 saturated heterocycles. The van der Waals surface area contributed by atoms with Gasteiger partial charge < -0.3 is 5.32 Å². The highest BCUT2D eigenvalue weighted by molar-refractivity contribution is 6.24. The lowest BCUT2D eigenvalue weighted by molar-refractivity contribution is -0.141. The molecule has 0 radical (unpaired) electrons. The molecule has 1 saturated carbocycles. The SMILES string of the molecule is CC1=C(C(=O)Nc2ccc(C(F)(F)F)cc2-c2ccc(C(F)(F)F)nc2)C(=O)N(Cc2cccc(F)c2F)NC12CCC2. The first-order valence-electron chi connectivity index (χ1n) is 12.9. The van der Waals surface area contributed by atoms with Gasteiger partial charge in [-0.2, -0.15) is 26.3 Å². The molecular formula is C29H22F8N4O2. The minimum absolute atomic E-state index is 0.157. The molecular weight excluding hydrogens is 588 g/mol. The molecule has 226 valence electrons. The van der Waals surface area contributed by atoms with Crippen molar-refractivity contribution in [3.63, 3.8) is 0 Å². The van der Waals surface area contributed by atoms with Crippen molar-refractivity contribution in [2.45, 2.75) is 50.6 Å². The van der Waals surface area contributed by atoms with Gasteiger partial charge in [0, 0.05) is 28.6 Å². The Kier molecular flexibility index (Phi) is 7.53. The number of pyridine rings is 1. The molecule has 3 aromatic rings. The number of nitrogens with one attached hydrogen (secondary N) is 2. The molecule has 2 amide bonds. The van der Waals surface area contributed by atoms with E-state index >= 15 is 0 Å². The van der Waals surface area contributed by atoms with E-state index < -0.39 is 59.1 Å². The van der Waals surface area contributed by atoms with Gasteiger partial charge in [0.1, 0.15) is 11.3 Å². The van der Waals surface area contributed by atoms with Crippen molar-refractivity contribution in [2.75, 3.05) is 5.32 Å². The summed E-state index contributed by atoms with van der Waals surface area (Å²) in [7, 11) is 0. The number of halogens is 8. The molecule has 1 aromatic heterocycles. The van der Waals surface area contributed by atoms with E-state index in [-0.39, 0.29) is 28.0 Å². The molecule has 0 unspecified atom stereocenters. The lowest BCUT2D eigenvalue weighted by Crippen LogP contribution is -2.64. The Morgan fingerprint density at radius 2 is 1.74 bits per heavy atom. The molecule has 1 fully saturated rings. The van der Waals surface area contributed by atoms with E-state index in [1.165, 1.54) is 12.1 Å².